The number of fused-ring (bicyclic) bond motifs is 1. The van der Waals surface area contributed by atoms with Gasteiger partial charge in [-0.2, -0.15) is 0 Å². The second kappa shape index (κ2) is 5.07. The van der Waals surface area contributed by atoms with Crippen LogP contribution in [0.1, 0.15) is 11.6 Å². The van der Waals surface area contributed by atoms with Crippen molar-refractivity contribution in [3.8, 4) is 0 Å². The van der Waals surface area contributed by atoms with Crippen LogP contribution in [-0.4, -0.2) is 5.91 Å². The first-order valence-electron chi connectivity index (χ1n) is 5.87. The molecule has 2 aromatic rings. The molecule has 0 saturated heterocycles. The summed E-state index contributed by atoms with van der Waals surface area (Å²) in [7, 11) is 0. The Kier molecular flexibility index (Phi) is 3.40. The molecule has 0 aliphatic carbocycles. The summed E-state index contributed by atoms with van der Waals surface area (Å²) in [6.45, 7) is 0. The van der Waals surface area contributed by atoms with E-state index < -0.39 is 11.9 Å². The van der Waals surface area contributed by atoms with Gasteiger partial charge >= 0.3 is 0 Å². The lowest BCUT2D eigenvalue weighted by atomic mass is 10.1. The molecular weight excluding hydrogens is 347 g/mol. The van der Waals surface area contributed by atoms with Crippen molar-refractivity contribution in [2.45, 2.75) is 6.04 Å². The molecule has 1 aliphatic heterocycles. The minimum Gasteiger partial charge on any atom is -0.368 e. The molecule has 3 nitrogen and oxygen atoms in total. The number of rotatable bonds is 2. The first kappa shape index (κ1) is 13.4. The van der Waals surface area contributed by atoms with Crippen molar-refractivity contribution in [3.63, 3.8) is 0 Å². The molecule has 1 amide bonds. The summed E-state index contributed by atoms with van der Waals surface area (Å²) >= 11 is 9.13. The number of hydrogen-bond donors (Lipinski definition) is 2. The minimum absolute atomic E-state index is 0.221. The third-order valence-corrected chi connectivity index (χ3v) is 4.02. The van der Waals surface area contributed by atoms with Gasteiger partial charge < -0.3 is 10.6 Å². The fraction of sp³-hybridized carbons (Fsp3) is 0.0714. The van der Waals surface area contributed by atoms with Crippen LogP contribution in [0.25, 0.3) is 0 Å². The molecule has 2 N–H and O–H groups in total. The lowest BCUT2D eigenvalue weighted by Gasteiger charge is -2.15. The first-order valence-corrected chi connectivity index (χ1v) is 7.04. The van der Waals surface area contributed by atoms with Gasteiger partial charge in [-0.3, -0.25) is 4.79 Å². The van der Waals surface area contributed by atoms with Gasteiger partial charge in [0.05, 0.1) is 5.69 Å². The Hall–Kier alpha value is -1.59. The van der Waals surface area contributed by atoms with E-state index in [1.165, 1.54) is 12.1 Å². The average molecular weight is 356 g/mol. The van der Waals surface area contributed by atoms with Gasteiger partial charge in [-0.1, -0.05) is 33.6 Å². The summed E-state index contributed by atoms with van der Waals surface area (Å²) in [5.41, 5.74) is 1.72. The van der Waals surface area contributed by atoms with Gasteiger partial charge in [0.25, 0.3) is 5.91 Å². The quantitative estimate of drug-likeness (QED) is 0.841. The van der Waals surface area contributed by atoms with E-state index in [1.807, 2.05) is 12.1 Å². The molecule has 1 heterocycles. The van der Waals surface area contributed by atoms with E-state index >= 15 is 0 Å². The van der Waals surface area contributed by atoms with Crippen LogP contribution in [0, 0.1) is 5.82 Å². The molecule has 102 valence electrons. The van der Waals surface area contributed by atoms with Crippen molar-refractivity contribution in [1.29, 1.82) is 0 Å². The van der Waals surface area contributed by atoms with Crippen LogP contribution in [0.4, 0.5) is 15.8 Å². The molecule has 0 saturated carbocycles. The molecule has 1 unspecified atom stereocenters. The number of hydrogen-bond acceptors (Lipinski definition) is 2. The lowest BCUT2D eigenvalue weighted by Crippen LogP contribution is -2.20. The predicted octanol–water partition coefficient (Wildman–Crippen LogP) is 4.35. The largest absolute Gasteiger partial charge is 0.368 e. The van der Waals surface area contributed by atoms with Crippen LogP contribution in [0.3, 0.4) is 0 Å². The normalized spacial score (nSPS) is 16.8. The Morgan fingerprint density at radius 2 is 2.10 bits per heavy atom. The molecule has 0 fully saturated rings. The van der Waals surface area contributed by atoms with Crippen molar-refractivity contribution in [1.82, 2.24) is 0 Å². The smallest absolute Gasteiger partial charge is 0.251 e. The van der Waals surface area contributed by atoms with E-state index in [0.29, 0.717) is 5.02 Å². The maximum absolute atomic E-state index is 13.8. The Labute approximate surface area is 128 Å². The van der Waals surface area contributed by atoms with Gasteiger partial charge in [0.2, 0.25) is 0 Å². The summed E-state index contributed by atoms with van der Waals surface area (Å²) in [5, 5.41) is 5.98. The second-order valence-electron chi connectivity index (χ2n) is 4.39. The van der Waals surface area contributed by atoms with Crippen LogP contribution in [0.2, 0.25) is 5.02 Å². The lowest BCUT2D eigenvalue weighted by molar-refractivity contribution is -0.116. The fourth-order valence-corrected chi connectivity index (χ4v) is 2.93. The van der Waals surface area contributed by atoms with Crippen LogP contribution < -0.4 is 10.6 Å². The summed E-state index contributed by atoms with van der Waals surface area (Å²) < 4.78 is 14.6. The van der Waals surface area contributed by atoms with E-state index in [2.05, 4.69) is 26.6 Å². The van der Waals surface area contributed by atoms with Gasteiger partial charge in [-0.05, 0) is 30.3 Å². The van der Waals surface area contributed by atoms with Gasteiger partial charge in [-0.25, -0.2) is 4.39 Å². The van der Waals surface area contributed by atoms with E-state index in [9.17, 15) is 9.18 Å². The molecule has 6 heteroatoms. The van der Waals surface area contributed by atoms with Crippen molar-refractivity contribution in [3.05, 3.63) is 57.3 Å². The SMILES string of the molecule is O=C1Nc2cccc(Br)c2C1Nc1ccc(Cl)cc1F. The molecule has 3 rings (SSSR count). The highest BCUT2D eigenvalue weighted by Crippen LogP contribution is 2.38. The van der Waals surface area contributed by atoms with Crippen molar-refractivity contribution >= 4 is 44.8 Å². The van der Waals surface area contributed by atoms with Gasteiger partial charge in [0.1, 0.15) is 11.9 Å². The maximum Gasteiger partial charge on any atom is 0.251 e. The highest BCUT2D eigenvalue weighted by Gasteiger charge is 2.32. The fourth-order valence-electron chi connectivity index (χ4n) is 2.18. The predicted molar refractivity (Wildman–Crippen MR) is 80.5 cm³/mol. The molecular formula is C14H9BrClFN2O. The maximum atomic E-state index is 13.8. The number of carbonyl (C=O) groups is 1. The van der Waals surface area contributed by atoms with E-state index in [4.69, 9.17) is 11.6 Å². The summed E-state index contributed by atoms with van der Waals surface area (Å²) in [5.74, 6) is -0.716. The Morgan fingerprint density at radius 3 is 2.85 bits per heavy atom. The van der Waals surface area contributed by atoms with Crippen LogP contribution in [-0.2, 0) is 4.79 Å². The number of anilines is 2. The van der Waals surface area contributed by atoms with E-state index in [0.717, 1.165) is 15.7 Å². The van der Waals surface area contributed by atoms with Crippen LogP contribution in [0.15, 0.2) is 40.9 Å². The summed E-state index contributed by atoms with van der Waals surface area (Å²) in [6.07, 6.45) is 0. The zero-order valence-electron chi connectivity index (χ0n) is 10.1. The molecule has 1 aliphatic rings. The Balaban J connectivity index is 1.98. The summed E-state index contributed by atoms with van der Waals surface area (Å²) in [4.78, 5) is 12.0. The van der Waals surface area contributed by atoms with Crippen LogP contribution >= 0.6 is 27.5 Å². The highest BCUT2D eigenvalue weighted by molar-refractivity contribution is 9.10. The highest BCUT2D eigenvalue weighted by atomic mass is 79.9. The Bertz CT molecular complexity index is 708. The average Bonchev–Trinajstić information content (AvgIpc) is 2.70. The van der Waals surface area contributed by atoms with Gasteiger partial charge in [0, 0.05) is 20.7 Å². The molecule has 2 aromatic carbocycles. The second-order valence-corrected chi connectivity index (χ2v) is 5.68. The van der Waals surface area contributed by atoms with E-state index in [1.54, 1.807) is 12.1 Å². The molecule has 0 bridgehead atoms. The van der Waals surface area contributed by atoms with Crippen molar-refractivity contribution < 1.29 is 9.18 Å². The molecule has 0 spiro atoms. The standard InChI is InChI=1S/C14H9BrClFN2O/c15-8-2-1-3-11-12(8)13(14(20)19-11)18-10-5-4-7(16)6-9(10)17/h1-6,13,18H,(H,19,20). The molecule has 20 heavy (non-hydrogen) atoms. The number of benzene rings is 2. The monoisotopic (exact) mass is 354 g/mol. The zero-order chi connectivity index (χ0) is 14.3. The first-order chi connectivity index (χ1) is 9.56. The zero-order valence-corrected chi connectivity index (χ0v) is 12.4. The Morgan fingerprint density at radius 1 is 1.30 bits per heavy atom. The van der Waals surface area contributed by atoms with Gasteiger partial charge in [0.15, 0.2) is 0 Å². The third-order valence-electron chi connectivity index (χ3n) is 3.09. The number of amides is 1. The van der Waals surface area contributed by atoms with Crippen molar-refractivity contribution in [2.75, 3.05) is 10.6 Å². The summed E-state index contributed by atoms with van der Waals surface area (Å²) in [6, 6.07) is 9.12. The molecule has 0 radical (unpaired) electrons. The van der Waals surface area contributed by atoms with Crippen LogP contribution in [0.5, 0.6) is 0 Å². The minimum atomic E-state index is -0.642. The number of nitrogens with one attached hydrogen (secondary N) is 2. The topological polar surface area (TPSA) is 41.1 Å². The number of carbonyl (C=O) groups excluding carboxylic acids is 1. The van der Waals surface area contributed by atoms with E-state index in [-0.39, 0.29) is 11.6 Å². The van der Waals surface area contributed by atoms with Gasteiger partial charge in [-0.15, -0.1) is 0 Å². The third kappa shape index (κ3) is 2.27. The molecule has 0 aromatic heterocycles. The molecule has 1 atom stereocenters. The van der Waals surface area contributed by atoms with Crippen molar-refractivity contribution in [2.24, 2.45) is 0 Å². The number of halogens is 3.